The van der Waals surface area contributed by atoms with Crippen LogP contribution in [0.2, 0.25) is 0 Å². The molecule has 0 unspecified atom stereocenters. The third kappa shape index (κ3) is 6.93. The van der Waals surface area contributed by atoms with Gasteiger partial charge < -0.3 is 14.8 Å². The first-order valence-corrected chi connectivity index (χ1v) is 12.7. The van der Waals surface area contributed by atoms with Crippen molar-refractivity contribution in [3.05, 3.63) is 54.1 Å². The number of carbonyl (C=O) groups excluding carboxylic acids is 1. The number of aryl methyl sites for hydroxylation is 1. The number of morpholine rings is 1. The Labute approximate surface area is 196 Å². The molecule has 9 heteroatoms. The van der Waals surface area contributed by atoms with Crippen LogP contribution in [0.15, 0.2) is 53.4 Å². The summed E-state index contributed by atoms with van der Waals surface area (Å²) >= 11 is 0. The molecule has 1 aliphatic rings. The molecular weight excluding hydrogens is 442 g/mol. The molecule has 0 atom stereocenters. The molecule has 0 radical (unpaired) electrons. The van der Waals surface area contributed by atoms with Crippen molar-refractivity contribution in [1.82, 2.24) is 10.2 Å². The standard InChI is InChI=1S/C24H33N3O5S/c1-3-32-23-8-5-4-7-22(23)27(33(29,30)21-11-9-20(2)10-12-21)19-24(28)25-13-6-14-26-15-17-31-18-16-26/h4-5,7-12H,3,6,13-19H2,1-2H3,(H,25,28). The van der Waals surface area contributed by atoms with Gasteiger partial charge in [0.05, 0.1) is 30.4 Å². The van der Waals surface area contributed by atoms with E-state index in [9.17, 15) is 13.2 Å². The highest BCUT2D eigenvalue weighted by molar-refractivity contribution is 7.92. The van der Waals surface area contributed by atoms with Gasteiger partial charge in [0, 0.05) is 19.6 Å². The summed E-state index contributed by atoms with van der Waals surface area (Å²) in [7, 11) is -3.98. The summed E-state index contributed by atoms with van der Waals surface area (Å²) in [5.74, 6) is 0.0507. The maximum Gasteiger partial charge on any atom is 0.264 e. The van der Waals surface area contributed by atoms with Crippen molar-refractivity contribution in [1.29, 1.82) is 0 Å². The van der Waals surface area contributed by atoms with Crippen molar-refractivity contribution in [2.45, 2.75) is 25.2 Å². The van der Waals surface area contributed by atoms with Crippen LogP contribution < -0.4 is 14.4 Å². The third-order valence-corrected chi connectivity index (χ3v) is 7.18. The molecule has 3 rings (SSSR count). The van der Waals surface area contributed by atoms with E-state index in [0.29, 0.717) is 24.6 Å². The zero-order valence-electron chi connectivity index (χ0n) is 19.3. The van der Waals surface area contributed by atoms with Crippen molar-refractivity contribution < 1.29 is 22.7 Å². The summed E-state index contributed by atoms with van der Waals surface area (Å²) in [6, 6.07) is 13.5. The number of nitrogens with one attached hydrogen (secondary N) is 1. The van der Waals surface area contributed by atoms with Crippen LogP contribution in [0, 0.1) is 6.92 Å². The summed E-state index contributed by atoms with van der Waals surface area (Å²) in [5, 5.41) is 2.86. The molecule has 1 amide bonds. The first-order chi connectivity index (χ1) is 15.9. The molecule has 0 spiro atoms. The molecule has 0 aliphatic carbocycles. The van der Waals surface area contributed by atoms with Gasteiger partial charge in [-0.1, -0.05) is 29.8 Å². The molecule has 2 aromatic carbocycles. The summed E-state index contributed by atoms with van der Waals surface area (Å²) in [4.78, 5) is 15.2. The lowest BCUT2D eigenvalue weighted by Gasteiger charge is -2.27. The number of sulfonamides is 1. The van der Waals surface area contributed by atoms with Gasteiger partial charge in [-0.25, -0.2) is 8.42 Å². The lowest BCUT2D eigenvalue weighted by molar-refractivity contribution is -0.119. The fourth-order valence-electron chi connectivity index (χ4n) is 3.62. The second-order valence-electron chi connectivity index (χ2n) is 7.88. The number of hydrogen-bond acceptors (Lipinski definition) is 6. The van der Waals surface area contributed by atoms with Crippen LogP contribution in [0.1, 0.15) is 18.9 Å². The zero-order chi connectivity index (χ0) is 23.7. The Kier molecular flexibility index (Phi) is 9.11. The van der Waals surface area contributed by atoms with Gasteiger partial charge in [-0.05, 0) is 51.1 Å². The van der Waals surface area contributed by atoms with Crippen molar-refractivity contribution in [3.63, 3.8) is 0 Å². The number of ether oxygens (including phenoxy) is 2. The zero-order valence-corrected chi connectivity index (χ0v) is 20.1. The maximum atomic E-state index is 13.5. The number of hydrogen-bond donors (Lipinski definition) is 1. The number of anilines is 1. The SMILES string of the molecule is CCOc1ccccc1N(CC(=O)NCCCN1CCOCC1)S(=O)(=O)c1ccc(C)cc1. The molecule has 0 aromatic heterocycles. The Balaban J connectivity index is 1.74. The predicted molar refractivity (Wildman–Crippen MR) is 128 cm³/mol. The second-order valence-corrected chi connectivity index (χ2v) is 9.75. The van der Waals surface area contributed by atoms with Crippen molar-refractivity contribution >= 4 is 21.6 Å². The highest BCUT2D eigenvalue weighted by Gasteiger charge is 2.29. The van der Waals surface area contributed by atoms with Crippen LogP contribution in [0.25, 0.3) is 0 Å². The molecule has 2 aromatic rings. The average Bonchev–Trinajstić information content (AvgIpc) is 2.82. The summed E-state index contributed by atoms with van der Waals surface area (Å²) in [6.45, 7) is 8.36. The van der Waals surface area contributed by atoms with E-state index in [0.717, 1.165) is 49.1 Å². The molecule has 1 aliphatic heterocycles. The van der Waals surface area contributed by atoms with Gasteiger partial charge in [0.1, 0.15) is 12.3 Å². The lowest BCUT2D eigenvalue weighted by Crippen LogP contribution is -2.42. The smallest absolute Gasteiger partial charge is 0.264 e. The molecule has 1 N–H and O–H groups in total. The quantitative estimate of drug-likeness (QED) is 0.502. The van der Waals surface area contributed by atoms with Crippen molar-refractivity contribution in [2.24, 2.45) is 0 Å². The summed E-state index contributed by atoms with van der Waals surface area (Å²) in [5.41, 5.74) is 1.29. The molecule has 8 nitrogen and oxygen atoms in total. The number of para-hydroxylation sites is 2. The molecule has 0 bridgehead atoms. The van der Waals surface area contributed by atoms with Crippen LogP contribution in [0.3, 0.4) is 0 Å². The maximum absolute atomic E-state index is 13.5. The van der Waals surface area contributed by atoms with E-state index in [1.54, 1.807) is 48.5 Å². The molecule has 1 heterocycles. The fraction of sp³-hybridized carbons (Fsp3) is 0.458. The van der Waals surface area contributed by atoms with E-state index >= 15 is 0 Å². The molecule has 0 saturated carbocycles. The summed E-state index contributed by atoms with van der Waals surface area (Å²) in [6.07, 6.45) is 0.784. The highest BCUT2D eigenvalue weighted by Crippen LogP contribution is 2.32. The topological polar surface area (TPSA) is 88.2 Å². The van der Waals surface area contributed by atoms with Crippen LogP contribution in [-0.4, -0.2) is 71.8 Å². The monoisotopic (exact) mass is 475 g/mol. The van der Waals surface area contributed by atoms with Gasteiger partial charge in [-0.2, -0.15) is 0 Å². The van der Waals surface area contributed by atoms with E-state index in [2.05, 4.69) is 10.2 Å². The van der Waals surface area contributed by atoms with E-state index in [-0.39, 0.29) is 17.3 Å². The van der Waals surface area contributed by atoms with Gasteiger partial charge in [-0.15, -0.1) is 0 Å². The van der Waals surface area contributed by atoms with E-state index in [4.69, 9.17) is 9.47 Å². The number of amides is 1. The molecule has 1 fully saturated rings. The first kappa shape index (κ1) is 25.0. The Morgan fingerprint density at radius 2 is 1.82 bits per heavy atom. The minimum Gasteiger partial charge on any atom is -0.492 e. The van der Waals surface area contributed by atoms with Crippen LogP contribution >= 0.6 is 0 Å². The van der Waals surface area contributed by atoms with E-state index in [1.807, 2.05) is 13.8 Å². The Bertz CT molecular complexity index is 1010. The highest BCUT2D eigenvalue weighted by atomic mass is 32.2. The van der Waals surface area contributed by atoms with Crippen molar-refractivity contribution in [2.75, 3.05) is 56.8 Å². The van der Waals surface area contributed by atoms with Gasteiger partial charge in [0.15, 0.2) is 0 Å². The number of nitrogens with zero attached hydrogens (tertiary/aromatic N) is 2. The first-order valence-electron chi connectivity index (χ1n) is 11.3. The van der Waals surface area contributed by atoms with E-state index in [1.165, 1.54) is 0 Å². The minimum absolute atomic E-state index is 0.125. The fourth-order valence-corrected chi connectivity index (χ4v) is 5.05. The molecule has 1 saturated heterocycles. The number of rotatable bonds is 11. The van der Waals surface area contributed by atoms with Gasteiger partial charge in [-0.3, -0.25) is 14.0 Å². The van der Waals surface area contributed by atoms with Crippen molar-refractivity contribution in [3.8, 4) is 5.75 Å². The Morgan fingerprint density at radius 3 is 2.52 bits per heavy atom. The minimum atomic E-state index is -3.98. The Morgan fingerprint density at radius 1 is 1.12 bits per heavy atom. The largest absolute Gasteiger partial charge is 0.492 e. The number of carbonyl (C=O) groups is 1. The second kappa shape index (κ2) is 12.0. The molecule has 33 heavy (non-hydrogen) atoms. The predicted octanol–water partition coefficient (Wildman–Crippen LogP) is 2.43. The van der Waals surface area contributed by atoms with Gasteiger partial charge in [0.2, 0.25) is 5.91 Å². The van der Waals surface area contributed by atoms with Gasteiger partial charge in [0.25, 0.3) is 10.0 Å². The molecular formula is C24H33N3O5S. The average molecular weight is 476 g/mol. The van der Waals surface area contributed by atoms with Crippen LogP contribution in [-0.2, 0) is 19.6 Å². The van der Waals surface area contributed by atoms with Gasteiger partial charge >= 0.3 is 0 Å². The number of benzene rings is 2. The Hall–Kier alpha value is -2.62. The van der Waals surface area contributed by atoms with E-state index < -0.39 is 10.0 Å². The van der Waals surface area contributed by atoms with Crippen LogP contribution in [0.4, 0.5) is 5.69 Å². The summed E-state index contributed by atoms with van der Waals surface area (Å²) < 4.78 is 39.2. The molecule has 180 valence electrons. The van der Waals surface area contributed by atoms with Crippen LogP contribution in [0.5, 0.6) is 5.75 Å². The normalized spacial score (nSPS) is 14.6. The third-order valence-electron chi connectivity index (χ3n) is 5.41. The lowest BCUT2D eigenvalue weighted by atomic mass is 10.2.